The molecule has 0 saturated heterocycles. The molecule has 0 spiro atoms. The van der Waals surface area contributed by atoms with Crippen molar-refractivity contribution in [1.29, 1.82) is 0 Å². The van der Waals surface area contributed by atoms with Gasteiger partial charge >= 0.3 is 0 Å². The monoisotopic (exact) mass is 340 g/mol. The Morgan fingerprint density at radius 3 is 2.67 bits per heavy atom. The summed E-state index contributed by atoms with van der Waals surface area (Å²) in [7, 11) is 0. The average Bonchev–Trinajstić information content (AvgIpc) is 3.21. The summed E-state index contributed by atoms with van der Waals surface area (Å²) in [4.78, 5) is 13.5. The van der Waals surface area contributed by atoms with Gasteiger partial charge in [-0.3, -0.25) is 4.79 Å². The van der Waals surface area contributed by atoms with Gasteiger partial charge in [-0.1, -0.05) is 18.2 Å². The largest absolute Gasteiger partial charge is 0.490 e. The summed E-state index contributed by atoms with van der Waals surface area (Å²) in [5.41, 5.74) is 0.771. The van der Waals surface area contributed by atoms with Crippen molar-refractivity contribution in [3.8, 4) is 5.75 Å². The Hall–Kier alpha value is -2.27. The molecule has 2 aromatic heterocycles. The van der Waals surface area contributed by atoms with E-state index in [4.69, 9.17) is 4.74 Å². The van der Waals surface area contributed by atoms with Crippen LogP contribution in [0.3, 0.4) is 0 Å². The van der Waals surface area contributed by atoms with Crippen molar-refractivity contribution in [3.63, 3.8) is 0 Å². The molecule has 0 atom stereocenters. The highest BCUT2D eigenvalue weighted by Gasteiger charge is 2.24. The predicted molar refractivity (Wildman–Crippen MR) is 95.9 cm³/mol. The van der Waals surface area contributed by atoms with Crippen molar-refractivity contribution < 1.29 is 9.53 Å². The zero-order chi connectivity index (χ0) is 16.4. The van der Waals surface area contributed by atoms with Gasteiger partial charge in [0.05, 0.1) is 11.7 Å². The number of thiazole rings is 1. The Labute approximate surface area is 145 Å². The summed E-state index contributed by atoms with van der Waals surface area (Å²) < 4.78 is 8.00. The molecular formula is C19H20N2O2S. The Morgan fingerprint density at radius 1 is 1.08 bits per heavy atom. The molecule has 124 valence electrons. The van der Waals surface area contributed by atoms with E-state index in [1.54, 1.807) is 11.3 Å². The number of fused-ring (bicyclic) bond motifs is 1. The minimum atomic E-state index is 0.0346. The molecule has 2 heterocycles. The second kappa shape index (κ2) is 6.69. The lowest BCUT2D eigenvalue weighted by molar-refractivity contribution is 0.0896. The topological polar surface area (TPSA) is 42.7 Å². The Kier molecular flexibility index (Phi) is 4.26. The summed E-state index contributed by atoms with van der Waals surface area (Å²) in [6.07, 6.45) is 8.04. The molecule has 0 unspecified atom stereocenters. The van der Waals surface area contributed by atoms with Crippen LogP contribution in [0.15, 0.2) is 54.2 Å². The molecule has 0 bridgehead atoms. The van der Waals surface area contributed by atoms with Crippen molar-refractivity contribution in [3.05, 3.63) is 59.7 Å². The van der Waals surface area contributed by atoms with E-state index in [9.17, 15) is 4.79 Å². The number of hydrogen-bond acceptors (Lipinski definition) is 3. The molecule has 1 aliphatic rings. The SMILES string of the molecule is O=C(NC1CCC(Oc2ccccc2)CC1)c1ccn2ccsc12. The third-order valence-electron chi connectivity index (χ3n) is 4.57. The second-order valence-corrected chi connectivity index (χ2v) is 7.12. The Morgan fingerprint density at radius 2 is 1.88 bits per heavy atom. The first-order valence-electron chi connectivity index (χ1n) is 8.36. The van der Waals surface area contributed by atoms with E-state index in [1.165, 1.54) is 0 Å². The summed E-state index contributed by atoms with van der Waals surface area (Å²) >= 11 is 1.59. The van der Waals surface area contributed by atoms with Crippen molar-refractivity contribution in [2.75, 3.05) is 0 Å². The molecule has 3 aromatic rings. The number of benzene rings is 1. The number of rotatable bonds is 4. The van der Waals surface area contributed by atoms with Gasteiger partial charge in [-0.05, 0) is 43.9 Å². The molecule has 1 aromatic carbocycles. The number of hydrogen-bond donors (Lipinski definition) is 1. The Balaban J connectivity index is 1.31. The summed E-state index contributed by atoms with van der Waals surface area (Å²) in [6.45, 7) is 0. The maximum Gasteiger partial charge on any atom is 0.254 e. The molecular weight excluding hydrogens is 320 g/mol. The van der Waals surface area contributed by atoms with Gasteiger partial charge in [0.15, 0.2) is 0 Å². The quantitative estimate of drug-likeness (QED) is 0.776. The number of ether oxygens (including phenoxy) is 1. The number of amides is 1. The smallest absolute Gasteiger partial charge is 0.254 e. The van der Waals surface area contributed by atoms with Gasteiger partial charge in [-0.25, -0.2) is 0 Å². The van der Waals surface area contributed by atoms with Crippen LogP contribution in [0.25, 0.3) is 4.83 Å². The first kappa shape index (κ1) is 15.3. The molecule has 1 amide bonds. The molecule has 0 radical (unpaired) electrons. The summed E-state index contributed by atoms with van der Waals surface area (Å²) in [5, 5.41) is 5.18. The zero-order valence-corrected chi connectivity index (χ0v) is 14.2. The minimum absolute atomic E-state index is 0.0346. The van der Waals surface area contributed by atoms with Crippen LogP contribution in [0.4, 0.5) is 0 Å². The van der Waals surface area contributed by atoms with E-state index in [0.717, 1.165) is 41.8 Å². The fourth-order valence-electron chi connectivity index (χ4n) is 3.29. The fraction of sp³-hybridized carbons (Fsp3) is 0.316. The third kappa shape index (κ3) is 3.17. The first-order chi connectivity index (χ1) is 11.8. The van der Waals surface area contributed by atoms with E-state index < -0.39 is 0 Å². The molecule has 4 rings (SSSR count). The van der Waals surface area contributed by atoms with Crippen LogP contribution in [-0.4, -0.2) is 22.5 Å². The number of carbonyl (C=O) groups excluding carboxylic acids is 1. The van der Waals surface area contributed by atoms with Crippen LogP contribution >= 0.6 is 11.3 Å². The van der Waals surface area contributed by atoms with Gasteiger partial charge in [-0.15, -0.1) is 11.3 Å². The maximum atomic E-state index is 12.5. The van der Waals surface area contributed by atoms with Crippen LogP contribution in [0.1, 0.15) is 36.0 Å². The van der Waals surface area contributed by atoms with Gasteiger partial charge in [0.25, 0.3) is 5.91 Å². The molecule has 1 N–H and O–H groups in total. The van der Waals surface area contributed by atoms with Crippen LogP contribution in [0, 0.1) is 0 Å². The normalized spacial score (nSPS) is 20.8. The first-order valence-corrected chi connectivity index (χ1v) is 9.24. The minimum Gasteiger partial charge on any atom is -0.490 e. The lowest BCUT2D eigenvalue weighted by Gasteiger charge is -2.29. The van der Waals surface area contributed by atoms with E-state index in [2.05, 4.69) is 5.32 Å². The number of carbonyl (C=O) groups is 1. The van der Waals surface area contributed by atoms with Gasteiger partial charge in [-0.2, -0.15) is 0 Å². The van der Waals surface area contributed by atoms with Crippen LogP contribution < -0.4 is 10.1 Å². The Bertz CT molecular complexity index is 816. The number of nitrogens with one attached hydrogen (secondary N) is 1. The molecule has 1 fully saturated rings. The van der Waals surface area contributed by atoms with Crippen molar-refractivity contribution in [1.82, 2.24) is 9.72 Å². The van der Waals surface area contributed by atoms with Crippen LogP contribution in [-0.2, 0) is 0 Å². The summed E-state index contributed by atoms with van der Waals surface area (Å²) in [5.74, 6) is 0.964. The number of aromatic nitrogens is 1. The lowest BCUT2D eigenvalue weighted by Crippen LogP contribution is -2.39. The fourth-order valence-corrected chi connectivity index (χ4v) is 4.14. The molecule has 4 nitrogen and oxygen atoms in total. The van der Waals surface area contributed by atoms with Crippen molar-refractivity contribution in [2.45, 2.75) is 37.8 Å². The van der Waals surface area contributed by atoms with Gasteiger partial charge in [0, 0.05) is 23.8 Å². The standard InChI is InChI=1S/C19H20N2O2S/c22-18(17-10-11-21-12-13-24-19(17)21)20-14-6-8-16(9-7-14)23-15-4-2-1-3-5-15/h1-5,10-14,16H,6-9H2,(H,20,22). The van der Waals surface area contributed by atoms with Crippen LogP contribution in [0.2, 0.25) is 0 Å². The molecule has 1 aliphatic carbocycles. The van der Waals surface area contributed by atoms with Crippen LogP contribution in [0.5, 0.6) is 5.75 Å². The third-order valence-corrected chi connectivity index (χ3v) is 5.48. The van der Waals surface area contributed by atoms with Crippen molar-refractivity contribution >= 4 is 22.1 Å². The number of nitrogens with zero attached hydrogens (tertiary/aromatic N) is 1. The highest BCUT2D eigenvalue weighted by atomic mass is 32.1. The molecule has 24 heavy (non-hydrogen) atoms. The lowest BCUT2D eigenvalue weighted by atomic mass is 9.92. The van der Waals surface area contributed by atoms with E-state index >= 15 is 0 Å². The molecule has 0 aliphatic heterocycles. The van der Waals surface area contributed by atoms with E-state index in [-0.39, 0.29) is 18.1 Å². The molecule has 5 heteroatoms. The zero-order valence-electron chi connectivity index (χ0n) is 13.4. The van der Waals surface area contributed by atoms with E-state index in [1.807, 2.05) is 58.6 Å². The van der Waals surface area contributed by atoms with Gasteiger partial charge in [0.1, 0.15) is 10.6 Å². The van der Waals surface area contributed by atoms with Gasteiger partial charge < -0.3 is 14.5 Å². The highest BCUT2D eigenvalue weighted by Crippen LogP contribution is 2.25. The predicted octanol–water partition coefficient (Wildman–Crippen LogP) is 4.12. The maximum absolute atomic E-state index is 12.5. The highest BCUT2D eigenvalue weighted by molar-refractivity contribution is 7.16. The van der Waals surface area contributed by atoms with Gasteiger partial charge in [0.2, 0.25) is 0 Å². The summed E-state index contributed by atoms with van der Waals surface area (Å²) in [6, 6.07) is 12.1. The van der Waals surface area contributed by atoms with Crippen molar-refractivity contribution in [2.24, 2.45) is 0 Å². The number of para-hydroxylation sites is 1. The molecule has 1 saturated carbocycles. The van der Waals surface area contributed by atoms with E-state index in [0.29, 0.717) is 0 Å². The second-order valence-electron chi connectivity index (χ2n) is 6.22. The average molecular weight is 340 g/mol.